The van der Waals surface area contributed by atoms with Gasteiger partial charge >= 0.3 is 12.0 Å². The summed E-state index contributed by atoms with van der Waals surface area (Å²) in [4.78, 5) is 27.3. The minimum absolute atomic E-state index is 0.194. The highest BCUT2D eigenvalue weighted by Crippen LogP contribution is 2.35. The van der Waals surface area contributed by atoms with Crippen LogP contribution in [0.1, 0.15) is 38.7 Å². The number of benzene rings is 3. The third-order valence-corrected chi connectivity index (χ3v) is 5.51. The molecule has 1 unspecified atom stereocenters. The monoisotopic (exact) mass is 400 g/mol. The van der Waals surface area contributed by atoms with Crippen LogP contribution in [-0.2, 0) is 11.2 Å². The number of rotatable bonds is 3. The number of carbonyl (C=O) groups excluding carboxylic acids is 2. The van der Waals surface area contributed by atoms with Crippen LogP contribution in [0.5, 0.6) is 0 Å². The molecule has 0 radical (unpaired) electrons. The number of hydrogen-bond acceptors (Lipinski definition) is 3. The Bertz CT molecular complexity index is 1080. The van der Waals surface area contributed by atoms with Gasteiger partial charge in [-0.15, -0.1) is 0 Å². The van der Waals surface area contributed by atoms with Crippen LogP contribution >= 0.6 is 0 Å². The van der Waals surface area contributed by atoms with Gasteiger partial charge in [-0.25, -0.2) is 9.59 Å². The van der Waals surface area contributed by atoms with Gasteiger partial charge in [0, 0.05) is 6.54 Å². The number of esters is 1. The number of amides is 2. The van der Waals surface area contributed by atoms with Crippen LogP contribution in [-0.4, -0.2) is 30.6 Å². The zero-order chi connectivity index (χ0) is 21.1. The number of fused-ring (bicyclic) bond motifs is 1. The van der Waals surface area contributed by atoms with Crippen LogP contribution in [0, 0.1) is 6.92 Å². The molecule has 0 fully saturated rings. The van der Waals surface area contributed by atoms with Gasteiger partial charge in [0.1, 0.15) is 0 Å². The summed E-state index contributed by atoms with van der Waals surface area (Å²) in [6.07, 6.45) is 0.782. The molecular formula is C25H24N2O3. The van der Waals surface area contributed by atoms with Crippen molar-refractivity contribution in [3.8, 4) is 0 Å². The van der Waals surface area contributed by atoms with Crippen LogP contribution < -0.4 is 5.32 Å². The molecule has 1 N–H and O–H groups in total. The van der Waals surface area contributed by atoms with Gasteiger partial charge in [-0.1, -0.05) is 66.2 Å². The molecule has 0 bridgehead atoms. The van der Waals surface area contributed by atoms with Crippen LogP contribution in [0.4, 0.5) is 10.5 Å². The second-order valence-corrected chi connectivity index (χ2v) is 7.42. The molecule has 0 aromatic heterocycles. The Labute approximate surface area is 176 Å². The predicted octanol–water partition coefficient (Wildman–Crippen LogP) is 4.96. The van der Waals surface area contributed by atoms with Crippen LogP contribution in [0.15, 0.2) is 72.8 Å². The molecule has 0 saturated heterocycles. The van der Waals surface area contributed by atoms with Crippen molar-refractivity contribution >= 4 is 17.7 Å². The van der Waals surface area contributed by atoms with Crippen molar-refractivity contribution in [2.75, 3.05) is 19.0 Å². The number of anilines is 1. The molecule has 3 aromatic carbocycles. The zero-order valence-corrected chi connectivity index (χ0v) is 17.1. The van der Waals surface area contributed by atoms with Crippen LogP contribution in [0.3, 0.4) is 0 Å². The number of urea groups is 1. The lowest BCUT2D eigenvalue weighted by molar-refractivity contribution is 0.0602. The van der Waals surface area contributed by atoms with Gasteiger partial charge in [0.25, 0.3) is 0 Å². The number of nitrogens with zero attached hydrogens (tertiary/aromatic N) is 1. The molecule has 0 spiro atoms. The highest BCUT2D eigenvalue weighted by atomic mass is 16.5. The molecule has 3 aromatic rings. The van der Waals surface area contributed by atoms with Gasteiger partial charge < -0.3 is 15.0 Å². The maximum Gasteiger partial charge on any atom is 0.339 e. The Morgan fingerprint density at radius 2 is 1.67 bits per heavy atom. The van der Waals surface area contributed by atoms with E-state index in [4.69, 9.17) is 4.74 Å². The molecule has 1 aliphatic rings. The van der Waals surface area contributed by atoms with Crippen molar-refractivity contribution in [2.45, 2.75) is 19.4 Å². The fourth-order valence-electron chi connectivity index (χ4n) is 3.96. The van der Waals surface area contributed by atoms with E-state index in [0.29, 0.717) is 17.8 Å². The molecule has 1 atom stereocenters. The quantitative estimate of drug-likeness (QED) is 0.632. The summed E-state index contributed by atoms with van der Waals surface area (Å²) in [6, 6.07) is 23.0. The van der Waals surface area contributed by atoms with Gasteiger partial charge in [-0.2, -0.15) is 0 Å². The smallest absolute Gasteiger partial charge is 0.339 e. The third kappa shape index (κ3) is 3.79. The number of para-hydroxylation sites is 1. The number of aryl methyl sites for hydroxylation is 1. The third-order valence-electron chi connectivity index (χ3n) is 5.51. The number of nitrogens with one attached hydrogen (secondary N) is 1. The van der Waals surface area contributed by atoms with Gasteiger partial charge in [0.2, 0.25) is 0 Å². The predicted molar refractivity (Wildman–Crippen MR) is 117 cm³/mol. The summed E-state index contributed by atoms with van der Waals surface area (Å²) in [5, 5.41) is 2.92. The highest BCUT2D eigenvalue weighted by molar-refractivity contribution is 6.01. The Hall–Kier alpha value is -3.60. The van der Waals surface area contributed by atoms with Crippen LogP contribution in [0.25, 0.3) is 0 Å². The molecule has 0 aliphatic carbocycles. The SMILES string of the molecule is COC(=O)c1ccccc1NC(=O)N1CCc2ccccc2C1c1ccc(C)cc1. The Morgan fingerprint density at radius 3 is 2.43 bits per heavy atom. The fraction of sp³-hybridized carbons (Fsp3) is 0.200. The molecule has 30 heavy (non-hydrogen) atoms. The van der Waals surface area contributed by atoms with Crippen molar-refractivity contribution in [2.24, 2.45) is 0 Å². The maximum atomic E-state index is 13.4. The van der Waals surface area contributed by atoms with Crippen LogP contribution in [0.2, 0.25) is 0 Å². The van der Waals surface area contributed by atoms with Crippen molar-refractivity contribution in [1.29, 1.82) is 0 Å². The first-order chi connectivity index (χ1) is 14.6. The van der Waals surface area contributed by atoms with Gasteiger partial charge in [0.15, 0.2) is 0 Å². The lowest BCUT2D eigenvalue weighted by atomic mass is 9.88. The van der Waals surface area contributed by atoms with Crippen molar-refractivity contribution in [3.63, 3.8) is 0 Å². The summed E-state index contributed by atoms with van der Waals surface area (Å²) in [5.41, 5.74) is 5.38. The average molecular weight is 400 g/mol. The molecule has 5 nitrogen and oxygen atoms in total. The molecule has 5 heteroatoms. The summed E-state index contributed by atoms with van der Waals surface area (Å²) < 4.78 is 4.85. The summed E-state index contributed by atoms with van der Waals surface area (Å²) in [5.74, 6) is -0.482. The second kappa shape index (κ2) is 8.41. The number of carbonyl (C=O) groups is 2. The van der Waals surface area contributed by atoms with Gasteiger partial charge in [0.05, 0.1) is 24.4 Å². The van der Waals surface area contributed by atoms with E-state index in [0.717, 1.165) is 17.5 Å². The molecule has 1 heterocycles. The van der Waals surface area contributed by atoms with Gasteiger partial charge in [-0.3, -0.25) is 0 Å². The Kier molecular flexibility index (Phi) is 5.53. The first-order valence-corrected chi connectivity index (χ1v) is 9.98. The molecule has 4 rings (SSSR count). The Morgan fingerprint density at radius 1 is 0.967 bits per heavy atom. The fourth-order valence-corrected chi connectivity index (χ4v) is 3.96. The van der Waals surface area contributed by atoms with E-state index in [9.17, 15) is 9.59 Å². The summed E-state index contributed by atoms with van der Waals surface area (Å²) >= 11 is 0. The zero-order valence-electron chi connectivity index (χ0n) is 17.1. The summed E-state index contributed by atoms with van der Waals surface area (Å²) in [7, 11) is 1.33. The molecule has 1 aliphatic heterocycles. The minimum Gasteiger partial charge on any atom is -0.465 e. The molecule has 2 amide bonds. The average Bonchev–Trinajstić information content (AvgIpc) is 2.78. The second-order valence-electron chi connectivity index (χ2n) is 7.42. The number of hydrogen-bond donors (Lipinski definition) is 1. The van der Waals surface area contributed by atoms with E-state index in [1.54, 1.807) is 24.3 Å². The lowest BCUT2D eigenvalue weighted by Crippen LogP contribution is -2.43. The first kappa shape index (κ1) is 19.7. The number of methoxy groups -OCH3 is 1. The number of ether oxygens (including phenoxy) is 1. The minimum atomic E-state index is -0.482. The van der Waals surface area contributed by atoms with E-state index in [2.05, 4.69) is 41.7 Å². The van der Waals surface area contributed by atoms with Crippen molar-refractivity contribution in [1.82, 2.24) is 4.90 Å². The molecular weight excluding hydrogens is 376 g/mol. The maximum absolute atomic E-state index is 13.4. The molecule has 152 valence electrons. The topological polar surface area (TPSA) is 58.6 Å². The van der Waals surface area contributed by atoms with E-state index >= 15 is 0 Å². The molecule has 0 saturated carbocycles. The van der Waals surface area contributed by atoms with E-state index in [-0.39, 0.29) is 12.1 Å². The largest absolute Gasteiger partial charge is 0.465 e. The normalized spacial score (nSPS) is 15.3. The van der Waals surface area contributed by atoms with E-state index in [1.807, 2.05) is 24.0 Å². The van der Waals surface area contributed by atoms with Crippen molar-refractivity contribution < 1.29 is 14.3 Å². The van der Waals surface area contributed by atoms with E-state index in [1.165, 1.54) is 18.2 Å². The van der Waals surface area contributed by atoms with E-state index < -0.39 is 5.97 Å². The standard InChI is InChI=1S/C25H24N2O3/c1-17-11-13-19(14-12-17)23-20-8-4-3-7-18(20)15-16-27(23)25(29)26-22-10-6-5-9-21(22)24(28)30-2/h3-14,23H,15-16H2,1-2H3,(H,26,29). The lowest BCUT2D eigenvalue weighted by Gasteiger charge is -2.37. The first-order valence-electron chi connectivity index (χ1n) is 9.98. The Balaban J connectivity index is 1.70. The van der Waals surface area contributed by atoms with Gasteiger partial charge in [-0.05, 0) is 42.2 Å². The summed E-state index contributed by atoms with van der Waals surface area (Å²) in [6.45, 7) is 2.63. The highest BCUT2D eigenvalue weighted by Gasteiger charge is 2.32. The van der Waals surface area contributed by atoms with Crippen molar-refractivity contribution in [3.05, 3.63) is 101 Å².